The number of carbonyl (C=O) groups excluding carboxylic acids is 1. The van der Waals surface area contributed by atoms with Crippen molar-refractivity contribution in [1.29, 1.82) is 0 Å². The second-order valence-electron chi connectivity index (χ2n) is 9.83. The van der Waals surface area contributed by atoms with Crippen LogP contribution >= 0.6 is 0 Å². The molecule has 9 nitrogen and oxygen atoms in total. The van der Waals surface area contributed by atoms with E-state index in [2.05, 4.69) is 52.3 Å². The number of amides is 1. The minimum Gasteiger partial charge on any atom is -0.493 e. The predicted molar refractivity (Wildman–Crippen MR) is 155 cm³/mol. The van der Waals surface area contributed by atoms with E-state index in [0.717, 1.165) is 56.9 Å². The van der Waals surface area contributed by atoms with Gasteiger partial charge in [-0.3, -0.25) is 9.69 Å². The zero-order valence-corrected chi connectivity index (χ0v) is 23.6. The van der Waals surface area contributed by atoms with Gasteiger partial charge in [0.25, 0.3) is 0 Å². The number of piperidine rings is 1. The summed E-state index contributed by atoms with van der Waals surface area (Å²) in [4.78, 5) is 36.3. The largest absolute Gasteiger partial charge is 0.493 e. The average molecular weight is 563 g/mol. The molecule has 1 amide bonds. The molecule has 0 unspecified atom stereocenters. The molecule has 1 saturated heterocycles. The molecule has 0 aliphatic carbocycles. The molecule has 0 saturated carbocycles. The van der Waals surface area contributed by atoms with Crippen molar-refractivity contribution in [2.24, 2.45) is 5.92 Å². The zero-order valence-electron chi connectivity index (χ0n) is 23.6. The van der Waals surface area contributed by atoms with Crippen LogP contribution in [0.5, 0.6) is 11.5 Å². The molecular formula is C32H38N2O7. The van der Waals surface area contributed by atoms with Crippen LogP contribution < -0.4 is 9.47 Å². The van der Waals surface area contributed by atoms with Crippen LogP contribution in [0.4, 0.5) is 0 Å². The number of benzene rings is 3. The molecule has 2 N–H and O–H groups in total. The highest BCUT2D eigenvalue weighted by molar-refractivity contribution is 6.27. The first-order valence-corrected chi connectivity index (χ1v) is 13.6. The van der Waals surface area contributed by atoms with E-state index in [9.17, 15) is 4.79 Å². The molecule has 1 aliphatic rings. The van der Waals surface area contributed by atoms with Crippen molar-refractivity contribution in [3.8, 4) is 11.5 Å². The lowest BCUT2D eigenvalue weighted by Crippen LogP contribution is -2.42. The van der Waals surface area contributed by atoms with Gasteiger partial charge in [0.1, 0.15) is 0 Å². The van der Waals surface area contributed by atoms with Gasteiger partial charge in [0.2, 0.25) is 5.91 Å². The molecule has 3 aromatic carbocycles. The van der Waals surface area contributed by atoms with Crippen molar-refractivity contribution in [1.82, 2.24) is 9.80 Å². The third-order valence-electron chi connectivity index (χ3n) is 7.02. The number of hydrogen-bond acceptors (Lipinski definition) is 6. The summed E-state index contributed by atoms with van der Waals surface area (Å²) in [7, 11) is 3.32. The number of likely N-dealkylation sites (tertiary alicyclic amines) is 1. The van der Waals surface area contributed by atoms with Gasteiger partial charge < -0.3 is 24.6 Å². The number of methoxy groups -OCH3 is 2. The Bertz CT molecular complexity index is 1250. The minimum atomic E-state index is -1.82. The Morgan fingerprint density at radius 3 is 1.88 bits per heavy atom. The number of hydrogen-bond donors (Lipinski definition) is 2. The fourth-order valence-corrected chi connectivity index (χ4v) is 4.81. The van der Waals surface area contributed by atoms with Crippen molar-refractivity contribution in [3.05, 3.63) is 95.6 Å². The monoisotopic (exact) mass is 562 g/mol. The molecule has 0 radical (unpaired) electrons. The summed E-state index contributed by atoms with van der Waals surface area (Å²) in [5.74, 6) is -1.78. The zero-order chi connectivity index (χ0) is 29.6. The minimum absolute atomic E-state index is 0.0798. The van der Waals surface area contributed by atoms with Gasteiger partial charge in [-0.2, -0.15) is 0 Å². The lowest BCUT2D eigenvalue weighted by Gasteiger charge is -2.34. The van der Waals surface area contributed by atoms with Gasteiger partial charge in [-0.15, -0.1) is 0 Å². The summed E-state index contributed by atoms with van der Waals surface area (Å²) in [6, 6.07) is 26.8. The average Bonchev–Trinajstić information content (AvgIpc) is 3.00. The van der Waals surface area contributed by atoms with Crippen LogP contribution in [-0.2, 0) is 33.9 Å². The standard InChI is InChI=1S/C30H36N2O3.C2H2O4/c1-34-28-14-13-26(21-29(28)35-2)22-31-18-16-27(17-19-31)30(33)32(23-25-11-7-4-8-12-25)20-15-24-9-5-3-6-10-24;3-1(4)2(5)6/h3-14,21,27H,15-20,22-23H2,1-2H3;(H,3,4)(H,5,6). The molecule has 0 bridgehead atoms. The van der Waals surface area contributed by atoms with Crippen LogP contribution in [0, 0.1) is 5.92 Å². The van der Waals surface area contributed by atoms with E-state index in [1.54, 1.807) is 14.2 Å². The Morgan fingerprint density at radius 1 is 0.780 bits per heavy atom. The van der Waals surface area contributed by atoms with E-state index in [1.807, 2.05) is 36.4 Å². The van der Waals surface area contributed by atoms with Gasteiger partial charge in [0, 0.05) is 25.6 Å². The first kappa shape index (κ1) is 31.2. The Hall–Kier alpha value is -4.37. The quantitative estimate of drug-likeness (QED) is 0.351. The van der Waals surface area contributed by atoms with Gasteiger partial charge in [0.15, 0.2) is 11.5 Å². The second-order valence-corrected chi connectivity index (χ2v) is 9.83. The maximum Gasteiger partial charge on any atom is 0.414 e. The van der Waals surface area contributed by atoms with Gasteiger partial charge in [-0.05, 0) is 61.2 Å². The van der Waals surface area contributed by atoms with Crippen LogP contribution in [0.1, 0.15) is 29.5 Å². The Balaban J connectivity index is 0.000000696. The van der Waals surface area contributed by atoms with Crippen LogP contribution in [0.15, 0.2) is 78.9 Å². The maximum absolute atomic E-state index is 13.6. The first-order valence-electron chi connectivity index (χ1n) is 13.6. The number of rotatable bonds is 10. The number of ether oxygens (including phenoxy) is 2. The molecule has 218 valence electrons. The smallest absolute Gasteiger partial charge is 0.414 e. The van der Waals surface area contributed by atoms with Crippen molar-refractivity contribution < 1.29 is 34.1 Å². The Labute approximate surface area is 240 Å². The van der Waals surface area contributed by atoms with Crippen LogP contribution in [0.3, 0.4) is 0 Å². The van der Waals surface area contributed by atoms with E-state index in [1.165, 1.54) is 16.7 Å². The fourth-order valence-electron chi connectivity index (χ4n) is 4.81. The fraction of sp³-hybridized carbons (Fsp3) is 0.344. The highest BCUT2D eigenvalue weighted by Crippen LogP contribution is 2.29. The Kier molecular flexibility index (Phi) is 12.2. The summed E-state index contributed by atoms with van der Waals surface area (Å²) >= 11 is 0. The van der Waals surface area contributed by atoms with E-state index in [-0.39, 0.29) is 11.8 Å². The van der Waals surface area contributed by atoms with Crippen molar-refractivity contribution in [2.45, 2.75) is 32.4 Å². The summed E-state index contributed by atoms with van der Waals surface area (Å²) < 4.78 is 10.8. The lowest BCUT2D eigenvalue weighted by atomic mass is 9.94. The second kappa shape index (κ2) is 16.0. The van der Waals surface area contributed by atoms with Crippen LogP contribution in [0.25, 0.3) is 0 Å². The summed E-state index contributed by atoms with van der Waals surface area (Å²) in [6.45, 7) is 4.09. The summed E-state index contributed by atoms with van der Waals surface area (Å²) in [5.41, 5.74) is 3.64. The highest BCUT2D eigenvalue weighted by atomic mass is 16.5. The molecule has 1 fully saturated rings. The topological polar surface area (TPSA) is 117 Å². The number of carbonyl (C=O) groups is 3. The molecule has 0 atom stereocenters. The third-order valence-corrected chi connectivity index (χ3v) is 7.02. The van der Waals surface area contributed by atoms with E-state index in [4.69, 9.17) is 29.3 Å². The normalized spacial score (nSPS) is 13.4. The van der Waals surface area contributed by atoms with Crippen molar-refractivity contribution in [2.75, 3.05) is 33.9 Å². The molecule has 0 aromatic heterocycles. The molecule has 0 spiro atoms. The number of carboxylic acid groups (broad SMARTS) is 2. The highest BCUT2D eigenvalue weighted by Gasteiger charge is 2.28. The van der Waals surface area contributed by atoms with Gasteiger partial charge >= 0.3 is 11.9 Å². The SMILES string of the molecule is COc1ccc(CN2CCC(C(=O)N(CCc3ccccc3)Cc3ccccc3)CC2)cc1OC.O=C(O)C(=O)O. The molecule has 41 heavy (non-hydrogen) atoms. The van der Waals surface area contributed by atoms with E-state index < -0.39 is 11.9 Å². The molecule has 1 aliphatic heterocycles. The van der Waals surface area contributed by atoms with Gasteiger partial charge in [-0.1, -0.05) is 66.7 Å². The van der Waals surface area contributed by atoms with E-state index in [0.29, 0.717) is 6.54 Å². The molecule has 9 heteroatoms. The third kappa shape index (κ3) is 9.95. The van der Waals surface area contributed by atoms with Crippen molar-refractivity contribution >= 4 is 17.8 Å². The Morgan fingerprint density at radius 2 is 1.34 bits per heavy atom. The van der Waals surface area contributed by atoms with Crippen molar-refractivity contribution in [3.63, 3.8) is 0 Å². The molecule has 1 heterocycles. The summed E-state index contributed by atoms with van der Waals surface area (Å²) in [5, 5.41) is 14.8. The van der Waals surface area contributed by atoms with Crippen LogP contribution in [0.2, 0.25) is 0 Å². The molecule has 4 rings (SSSR count). The molecular weight excluding hydrogens is 524 g/mol. The van der Waals surface area contributed by atoms with Gasteiger partial charge in [0.05, 0.1) is 14.2 Å². The number of nitrogens with zero attached hydrogens (tertiary/aromatic N) is 2. The van der Waals surface area contributed by atoms with E-state index >= 15 is 0 Å². The predicted octanol–water partition coefficient (Wildman–Crippen LogP) is 4.34. The van der Waals surface area contributed by atoms with Gasteiger partial charge in [-0.25, -0.2) is 9.59 Å². The maximum atomic E-state index is 13.6. The lowest BCUT2D eigenvalue weighted by molar-refractivity contribution is -0.159. The molecule has 3 aromatic rings. The number of carboxylic acids is 2. The van der Waals surface area contributed by atoms with Crippen LogP contribution in [-0.4, -0.2) is 71.7 Å². The summed E-state index contributed by atoms with van der Waals surface area (Å²) in [6.07, 6.45) is 2.66. The number of aliphatic carboxylic acids is 2. The first-order chi connectivity index (χ1) is 19.8.